The number of fused-ring (bicyclic) bond motifs is 1. The van der Waals surface area contributed by atoms with Crippen molar-refractivity contribution in [3.05, 3.63) is 76.1 Å². The van der Waals surface area contributed by atoms with Gasteiger partial charge in [-0.15, -0.1) is 0 Å². The highest BCUT2D eigenvalue weighted by Crippen LogP contribution is 2.24. The van der Waals surface area contributed by atoms with Gasteiger partial charge >= 0.3 is 0 Å². The molecule has 1 amide bonds. The number of benzene rings is 2. The first-order valence-electron chi connectivity index (χ1n) is 10.0. The van der Waals surface area contributed by atoms with E-state index in [1.807, 2.05) is 43.3 Å². The number of amides is 1. The van der Waals surface area contributed by atoms with Gasteiger partial charge in [-0.2, -0.15) is 0 Å². The lowest BCUT2D eigenvalue weighted by atomic mass is 10.1. The molecule has 2 heterocycles. The van der Waals surface area contributed by atoms with E-state index in [1.165, 1.54) is 11.0 Å². The molecule has 1 aliphatic rings. The van der Waals surface area contributed by atoms with E-state index in [1.54, 1.807) is 24.3 Å². The van der Waals surface area contributed by atoms with Crippen molar-refractivity contribution in [1.82, 2.24) is 4.90 Å². The van der Waals surface area contributed by atoms with Crippen LogP contribution < -0.4 is 10.3 Å². The molecule has 0 aliphatic carbocycles. The molecule has 162 valence electrons. The summed E-state index contributed by atoms with van der Waals surface area (Å²) in [6, 6.07) is 15.2. The predicted molar refractivity (Wildman–Crippen MR) is 120 cm³/mol. The number of hydrogen-bond donors (Lipinski definition) is 0. The van der Waals surface area contributed by atoms with Gasteiger partial charge in [0.1, 0.15) is 5.58 Å². The first kappa shape index (κ1) is 21.1. The van der Waals surface area contributed by atoms with Crippen LogP contribution in [0.5, 0.6) is 0 Å². The molecule has 2 aromatic carbocycles. The third kappa shape index (κ3) is 4.49. The third-order valence-electron chi connectivity index (χ3n) is 5.56. The van der Waals surface area contributed by atoms with E-state index in [4.69, 9.17) is 4.42 Å². The molecule has 0 spiro atoms. The molecule has 0 unspecified atom stereocenters. The summed E-state index contributed by atoms with van der Waals surface area (Å²) < 4.78 is 29.9. The second-order valence-corrected chi connectivity index (χ2v) is 10.3. The topological polar surface area (TPSA) is 87.9 Å². The summed E-state index contributed by atoms with van der Waals surface area (Å²) in [5, 5.41) is 0.397. The van der Waals surface area contributed by atoms with Gasteiger partial charge in [-0.25, -0.2) is 8.42 Å². The Morgan fingerprint density at radius 1 is 1.10 bits per heavy atom. The fraction of sp³-hybridized carbons (Fsp3) is 0.304. The minimum Gasteiger partial charge on any atom is -0.451 e. The van der Waals surface area contributed by atoms with Crippen LogP contribution in [-0.2, 0) is 16.4 Å². The first-order valence-corrected chi connectivity index (χ1v) is 11.9. The Balaban J connectivity index is 1.70. The molecule has 1 atom stereocenters. The zero-order chi connectivity index (χ0) is 22.2. The van der Waals surface area contributed by atoms with Gasteiger partial charge in [0.15, 0.2) is 21.0 Å². The monoisotopic (exact) mass is 440 g/mol. The van der Waals surface area contributed by atoms with E-state index >= 15 is 0 Å². The maximum absolute atomic E-state index is 13.4. The largest absolute Gasteiger partial charge is 0.451 e. The lowest BCUT2D eigenvalue weighted by Crippen LogP contribution is -2.40. The first-order chi connectivity index (χ1) is 14.7. The van der Waals surface area contributed by atoms with Crippen molar-refractivity contribution in [2.24, 2.45) is 0 Å². The Morgan fingerprint density at radius 3 is 2.45 bits per heavy atom. The standard InChI is InChI=1S/C23H24N2O5S/c1-24(2)17-9-7-16(8-10-17)14-25(18-11-12-31(28,29)15-18)23(27)22-13-20(26)19-5-3-4-6-21(19)30-22/h3-10,13,18H,11-12,14-15H2,1-2H3/t18-/m0/s1. The lowest BCUT2D eigenvalue weighted by molar-refractivity contribution is 0.0648. The summed E-state index contributed by atoms with van der Waals surface area (Å²) in [5.74, 6) is -0.616. The number of hydrogen-bond acceptors (Lipinski definition) is 6. The van der Waals surface area contributed by atoms with Gasteiger partial charge in [0.2, 0.25) is 0 Å². The number of para-hydroxylation sites is 1. The number of carbonyl (C=O) groups is 1. The molecule has 1 fully saturated rings. The lowest BCUT2D eigenvalue weighted by Gasteiger charge is -2.28. The number of rotatable bonds is 5. The van der Waals surface area contributed by atoms with Crippen LogP contribution in [0, 0.1) is 0 Å². The van der Waals surface area contributed by atoms with E-state index in [0.29, 0.717) is 17.4 Å². The Labute approximate surface area is 180 Å². The molecule has 1 aromatic heterocycles. The Kier molecular flexibility index (Phi) is 5.58. The second kappa shape index (κ2) is 8.19. The molecule has 0 saturated carbocycles. The van der Waals surface area contributed by atoms with Crippen molar-refractivity contribution in [3.8, 4) is 0 Å². The van der Waals surface area contributed by atoms with Crippen molar-refractivity contribution in [2.45, 2.75) is 19.0 Å². The van der Waals surface area contributed by atoms with Crippen LogP contribution in [0.15, 0.2) is 63.8 Å². The predicted octanol–water partition coefficient (Wildman–Crippen LogP) is 2.69. The number of sulfone groups is 1. The summed E-state index contributed by atoms with van der Waals surface area (Å²) in [6.07, 6.45) is 0.363. The molecule has 8 heteroatoms. The summed E-state index contributed by atoms with van der Waals surface area (Å²) in [5.41, 5.74) is 1.91. The van der Waals surface area contributed by atoms with Crippen molar-refractivity contribution in [2.75, 3.05) is 30.5 Å². The van der Waals surface area contributed by atoms with Crippen LogP contribution >= 0.6 is 0 Å². The average molecular weight is 441 g/mol. The van der Waals surface area contributed by atoms with Crippen LogP contribution in [-0.4, -0.2) is 50.9 Å². The van der Waals surface area contributed by atoms with E-state index in [2.05, 4.69) is 0 Å². The summed E-state index contributed by atoms with van der Waals surface area (Å²) in [4.78, 5) is 29.4. The smallest absolute Gasteiger partial charge is 0.290 e. The fourth-order valence-corrected chi connectivity index (χ4v) is 5.57. The minimum absolute atomic E-state index is 0.0443. The minimum atomic E-state index is -3.20. The van der Waals surface area contributed by atoms with Gasteiger partial charge in [0, 0.05) is 38.4 Å². The molecule has 0 bridgehead atoms. The van der Waals surface area contributed by atoms with Gasteiger partial charge in [-0.3, -0.25) is 9.59 Å². The molecule has 3 aromatic rings. The van der Waals surface area contributed by atoms with Crippen LogP contribution in [0.4, 0.5) is 5.69 Å². The average Bonchev–Trinajstić information content (AvgIpc) is 3.11. The molecule has 0 radical (unpaired) electrons. The molecular weight excluding hydrogens is 416 g/mol. The van der Waals surface area contributed by atoms with Crippen molar-refractivity contribution < 1.29 is 17.6 Å². The molecule has 0 N–H and O–H groups in total. The summed E-state index contributed by atoms with van der Waals surface area (Å²) >= 11 is 0. The zero-order valence-corrected chi connectivity index (χ0v) is 18.3. The van der Waals surface area contributed by atoms with E-state index in [-0.39, 0.29) is 29.2 Å². The third-order valence-corrected chi connectivity index (χ3v) is 7.31. The maximum atomic E-state index is 13.4. The van der Waals surface area contributed by atoms with E-state index < -0.39 is 21.8 Å². The Bertz CT molecular complexity index is 1280. The Morgan fingerprint density at radius 2 is 1.81 bits per heavy atom. The van der Waals surface area contributed by atoms with Crippen LogP contribution in [0.2, 0.25) is 0 Å². The highest BCUT2D eigenvalue weighted by atomic mass is 32.2. The van der Waals surface area contributed by atoms with Crippen LogP contribution in [0.3, 0.4) is 0 Å². The summed E-state index contributed by atoms with van der Waals surface area (Å²) in [7, 11) is 0.679. The molecule has 4 rings (SSSR count). The molecule has 7 nitrogen and oxygen atoms in total. The maximum Gasteiger partial charge on any atom is 0.290 e. The Hall–Kier alpha value is -3.13. The quantitative estimate of drug-likeness (QED) is 0.606. The van der Waals surface area contributed by atoms with Crippen molar-refractivity contribution >= 4 is 32.4 Å². The highest BCUT2D eigenvalue weighted by molar-refractivity contribution is 7.91. The molecule has 1 aliphatic heterocycles. The molecule has 31 heavy (non-hydrogen) atoms. The number of carbonyl (C=O) groups excluding carboxylic acids is 1. The fourth-order valence-electron chi connectivity index (χ4n) is 3.83. The number of nitrogens with zero attached hydrogens (tertiary/aromatic N) is 2. The molecule has 1 saturated heterocycles. The summed E-state index contributed by atoms with van der Waals surface area (Å²) in [6.45, 7) is 0.225. The normalized spacial score (nSPS) is 17.5. The van der Waals surface area contributed by atoms with Crippen LogP contribution in [0.25, 0.3) is 11.0 Å². The van der Waals surface area contributed by atoms with Gasteiger partial charge in [-0.05, 0) is 36.2 Å². The van der Waals surface area contributed by atoms with Crippen LogP contribution in [0.1, 0.15) is 22.5 Å². The van der Waals surface area contributed by atoms with Gasteiger partial charge in [0.05, 0.1) is 16.9 Å². The highest BCUT2D eigenvalue weighted by Gasteiger charge is 2.36. The van der Waals surface area contributed by atoms with E-state index in [0.717, 1.165) is 11.3 Å². The second-order valence-electron chi connectivity index (χ2n) is 8.02. The molecular formula is C23H24N2O5S. The van der Waals surface area contributed by atoms with Gasteiger partial charge < -0.3 is 14.2 Å². The van der Waals surface area contributed by atoms with Crippen molar-refractivity contribution in [1.29, 1.82) is 0 Å². The van der Waals surface area contributed by atoms with Gasteiger partial charge in [0.25, 0.3) is 5.91 Å². The van der Waals surface area contributed by atoms with Crippen molar-refractivity contribution in [3.63, 3.8) is 0 Å². The van der Waals surface area contributed by atoms with Gasteiger partial charge in [-0.1, -0.05) is 24.3 Å². The zero-order valence-electron chi connectivity index (χ0n) is 17.4. The van der Waals surface area contributed by atoms with E-state index in [9.17, 15) is 18.0 Å². The number of anilines is 1. The SMILES string of the molecule is CN(C)c1ccc(CN(C(=O)c2cc(=O)c3ccccc3o2)[C@H]2CCS(=O)(=O)C2)cc1.